The molecule has 0 aliphatic rings. The van der Waals surface area contributed by atoms with Crippen molar-refractivity contribution in [2.75, 3.05) is 25.2 Å². The van der Waals surface area contributed by atoms with E-state index in [2.05, 4.69) is 23.7 Å². The first-order chi connectivity index (χ1) is 10.1. The number of hydrogen-bond acceptors (Lipinski definition) is 5. The van der Waals surface area contributed by atoms with Crippen LogP contribution in [0.25, 0.3) is 4.96 Å². The number of rotatable bonds is 8. The number of anilines is 1. The van der Waals surface area contributed by atoms with Crippen LogP contribution in [0.5, 0.6) is 0 Å². The van der Waals surface area contributed by atoms with Crippen LogP contribution in [-0.2, 0) is 4.74 Å². The Bertz CT molecular complexity index is 604. The van der Waals surface area contributed by atoms with Gasteiger partial charge in [0.05, 0.1) is 6.61 Å². The fourth-order valence-corrected chi connectivity index (χ4v) is 3.26. The van der Waals surface area contributed by atoms with Crippen molar-refractivity contribution in [3.05, 3.63) is 17.3 Å². The van der Waals surface area contributed by atoms with Gasteiger partial charge in [-0.15, -0.1) is 11.3 Å². The smallest absolute Gasteiger partial charge is 0.356 e. The zero-order valence-corrected chi connectivity index (χ0v) is 13.4. The molecule has 0 unspecified atom stereocenters. The number of methoxy groups -OCH3 is 1. The van der Waals surface area contributed by atoms with E-state index in [0.717, 1.165) is 12.8 Å². The lowest BCUT2D eigenvalue weighted by atomic mass is 10.1. The lowest BCUT2D eigenvalue weighted by Gasteiger charge is -2.31. The standard InChI is InChI=1S/C14H21N3O3S/c1-4-10(5-2)16(6-8-20-3)12-11(13(18)19)17-7-9-21-14(17)15-12/h7,9-10H,4-6,8H2,1-3H3,(H,18,19). The molecule has 0 fully saturated rings. The van der Waals surface area contributed by atoms with E-state index < -0.39 is 5.97 Å². The minimum absolute atomic E-state index is 0.231. The largest absolute Gasteiger partial charge is 0.476 e. The molecule has 2 heterocycles. The van der Waals surface area contributed by atoms with Crippen molar-refractivity contribution < 1.29 is 14.6 Å². The molecule has 0 amide bonds. The van der Waals surface area contributed by atoms with E-state index in [1.54, 1.807) is 17.7 Å². The SMILES string of the molecule is CCC(CC)N(CCOC)c1nc2sccn2c1C(=O)O. The lowest BCUT2D eigenvalue weighted by molar-refractivity contribution is 0.0690. The highest BCUT2D eigenvalue weighted by Crippen LogP contribution is 2.27. The first-order valence-electron chi connectivity index (χ1n) is 7.08. The topological polar surface area (TPSA) is 67.1 Å². The monoisotopic (exact) mass is 311 g/mol. The van der Waals surface area contributed by atoms with Gasteiger partial charge in [-0.05, 0) is 12.8 Å². The third kappa shape index (κ3) is 3.03. The van der Waals surface area contributed by atoms with E-state index in [1.165, 1.54) is 11.3 Å². The number of carboxylic acids is 1. The molecular weight excluding hydrogens is 290 g/mol. The number of imidazole rings is 1. The number of thiazole rings is 1. The first-order valence-corrected chi connectivity index (χ1v) is 7.96. The van der Waals surface area contributed by atoms with Crippen molar-refractivity contribution >= 4 is 28.1 Å². The average molecular weight is 311 g/mol. The summed E-state index contributed by atoms with van der Waals surface area (Å²) in [5, 5.41) is 11.4. The molecule has 0 aliphatic carbocycles. The quantitative estimate of drug-likeness (QED) is 0.812. The summed E-state index contributed by atoms with van der Waals surface area (Å²) < 4.78 is 6.81. The summed E-state index contributed by atoms with van der Waals surface area (Å²) in [4.78, 5) is 19.0. The third-order valence-electron chi connectivity index (χ3n) is 3.64. The Morgan fingerprint density at radius 2 is 2.24 bits per heavy atom. The van der Waals surface area contributed by atoms with Gasteiger partial charge in [-0.1, -0.05) is 13.8 Å². The molecule has 0 bridgehead atoms. The Morgan fingerprint density at radius 3 is 2.81 bits per heavy atom. The summed E-state index contributed by atoms with van der Waals surface area (Å²) in [6.45, 7) is 5.38. The summed E-state index contributed by atoms with van der Waals surface area (Å²) >= 11 is 1.44. The number of fused-ring (bicyclic) bond motifs is 1. The number of aromatic carboxylic acids is 1. The zero-order valence-electron chi connectivity index (χ0n) is 12.6. The van der Waals surface area contributed by atoms with Gasteiger partial charge in [0.1, 0.15) is 0 Å². The minimum Gasteiger partial charge on any atom is -0.476 e. The minimum atomic E-state index is -0.954. The van der Waals surface area contributed by atoms with Crippen molar-refractivity contribution in [1.29, 1.82) is 0 Å². The van der Waals surface area contributed by atoms with Gasteiger partial charge in [-0.25, -0.2) is 9.78 Å². The van der Waals surface area contributed by atoms with Crippen LogP contribution in [0.15, 0.2) is 11.6 Å². The van der Waals surface area contributed by atoms with E-state index in [0.29, 0.717) is 23.9 Å². The van der Waals surface area contributed by atoms with Gasteiger partial charge in [0.15, 0.2) is 16.5 Å². The molecule has 2 aromatic rings. The highest BCUT2D eigenvalue weighted by atomic mass is 32.1. The predicted molar refractivity (Wildman–Crippen MR) is 83.6 cm³/mol. The van der Waals surface area contributed by atoms with Crippen LogP contribution in [0.4, 0.5) is 5.82 Å². The van der Waals surface area contributed by atoms with E-state index in [1.807, 2.05) is 5.38 Å². The van der Waals surface area contributed by atoms with Gasteiger partial charge in [-0.2, -0.15) is 0 Å². The van der Waals surface area contributed by atoms with Gasteiger partial charge < -0.3 is 14.7 Å². The van der Waals surface area contributed by atoms with Crippen LogP contribution in [0.1, 0.15) is 37.2 Å². The Kier molecular flexibility index (Phi) is 5.19. The number of ether oxygens (including phenoxy) is 1. The maximum atomic E-state index is 11.7. The molecule has 2 aromatic heterocycles. The average Bonchev–Trinajstić information content (AvgIpc) is 3.03. The van der Waals surface area contributed by atoms with Crippen molar-refractivity contribution in [2.24, 2.45) is 0 Å². The maximum Gasteiger partial charge on any atom is 0.356 e. The molecule has 0 aliphatic heterocycles. The van der Waals surface area contributed by atoms with Gasteiger partial charge in [0.2, 0.25) is 0 Å². The van der Waals surface area contributed by atoms with Crippen LogP contribution in [0, 0.1) is 0 Å². The molecule has 0 radical (unpaired) electrons. The van der Waals surface area contributed by atoms with Crippen molar-refractivity contribution in [3.8, 4) is 0 Å². The van der Waals surface area contributed by atoms with E-state index in [-0.39, 0.29) is 11.7 Å². The molecule has 0 spiro atoms. The predicted octanol–water partition coefficient (Wildman–Crippen LogP) is 2.74. The highest BCUT2D eigenvalue weighted by Gasteiger charge is 2.27. The lowest BCUT2D eigenvalue weighted by Crippen LogP contribution is -2.38. The summed E-state index contributed by atoms with van der Waals surface area (Å²) in [5.41, 5.74) is 0.231. The highest BCUT2D eigenvalue weighted by molar-refractivity contribution is 7.15. The second-order valence-corrected chi connectivity index (χ2v) is 5.67. The van der Waals surface area contributed by atoms with Gasteiger partial charge >= 0.3 is 5.97 Å². The Hall–Kier alpha value is -1.60. The molecule has 2 rings (SSSR count). The van der Waals surface area contributed by atoms with Crippen LogP contribution < -0.4 is 4.90 Å². The number of nitrogens with zero attached hydrogens (tertiary/aromatic N) is 3. The Balaban J connectivity index is 2.49. The molecule has 0 saturated carbocycles. The second-order valence-electron chi connectivity index (χ2n) is 4.80. The summed E-state index contributed by atoms with van der Waals surface area (Å²) in [6, 6.07) is 0.253. The van der Waals surface area contributed by atoms with E-state index in [9.17, 15) is 9.90 Å². The molecule has 0 aromatic carbocycles. The molecular formula is C14H21N3O3S. The van der Waals surface area contributed by atoms with E-state index in [4.69, 9.17) is 4.74 Å². The fourth-order valence-electron chi connectivity index (χ4n) is 2.55. The molecule has 0 saturated heterocycles. The van der Waals surface area contributed by atoms with Crippen molar-refractivity contribution in [1.82, 2.24) is 9.38 Å². The van der Waals surface area contributed by atoms with Crippen LogP contribution in [0.3, 0.4) is 0 Å². The molecule has 6 nitrogen and oxygen atoms in total. The van der Waals surface area contributed by atoms with Crippen molar-refractivity contribution in [2.45, 2.75) is 32.7 Å². The van der Waals surface area contributed by atoms with Gasteiger partial charge in [0, 0.05) is 31.3 Å². The normalized spacial score (nSPS) is 11.4. The summed E-state index contributed by atoms with van der Waals surface area (Å²) in [5.74, 6) is -0.413. The summed E-state index contributed by atoms with van der Waals surface area (Å²) in [7, 11) is 1.65. The molecule has 21 heavy (non-hydrogen) atoms. The second kappa shape index (κ2) is 6.91. The van der Waals surface area contributed by atoms with Crippen LogP contribution in [-0.4, -0.2) is 46.8 Å². The van der Waals surface area contributed by atoms with Crippen LogP contribution >= 0.6 is 11.3 Å². The number of hydrogen-bond donors (Lipinski definition) is 1. The molecule has 0 atom stereocenters. The summed E-state index contributed by atoms with van der Waals surface area (Å²) in [6.07, 6.45) is 3.62. The Morgan fingerprint density at radius 1 is 1.52 bits per heavy atom. The van der Waals surface area contributed by atoms with Gasteiger partial charge in [0.25, 0.3) is 0 Å². The molecule has 7 heteroatoms. The van der Waals surface area contributed by atoms with Gasteiger partial charge in [-0.3, -0.25) is 4.40 Å². The number of aromatic nitrogens is 2. The maximum absolute atomic E-state index is 11.7. The number of carboxylic acid groups (broad SMARTS) is 1. The van der Waals surface area contributed by atoms with Crippen molar-refractivity contribution in [3.63, 3.8) is 0 Å². The third-order valence-corrected chi connectivity index (χ3v) is 4.39. The number of carbonyl (C=O) groups is 1. The van der Waals surface area contributed by atoms with Crippen LogP contribution in [0.2, 0.25) is 0 Å². The molecule has 116 valence electrons. The molecule has 1 N–H and O–H groups in total. The zero-order chi connectivity index (χ0) is 15.4. The fraction of sp³-hybridized carbons (Fsp3) is 0.571. The first kappa shape index (κ1) is 15.8. The van der Waals surface area contributed by atoms with E-state index >= 15 is 0 Å². The Labute approximate surface area is 128 Å².